The lowest BCUT2D eigenvalue weighted by atomic mass is 9.77. The second-order valence-corrected chi connectivity index (χ2v) is 5.71. The van der Waals surface area contributed by atoms with Crippen molar-refractivity contribution in [3.05, 3.63) is 12.2 Å². The Morgan fingerprint density at radius 2 is 2.12 bits per heavy atom. The van der Waals surface area contributed by atoms with E-state index in [0.29, 0.717) is 0 Å². The van der Waals surface area contributed by atoms with Crippen LogP contribution in [0, 0.1) is 0 Å². The largest absolute Gasteiger partial charge is 0.378 e. The van der Waals surface area contributed by atoms with Crippen molar-refractivity contribution >= 4 is 0 Å². The first-order chi connectivity index (χ1) is 7.47. The fourth-order valence-corrected chi connectivity index (χ4v) is 2.25. The Morgan fingerprint density at radius 3 is 2.56 bits per heavy atom. The van der Waals surface area contributed by atoms with Crippen molar-refractivity contribution in [2.75, 3.05) is 7.11 Å². The first kappa shape index (κ1) is 11.6. The normalized spacial score (nSPS) is 19.5. The highest BCUT2D eigenvalue weighted by Gasteiger charge is 2.39. The van der Waals surface area contributed by atoms with E-state index < -0.39 is 0 Å². The number of hydrogen-bond donors (Lipinski definition) is 0. The molecule has 4 nitrogen and oxygen atoms in total. The van der Waals surface area contributed by atoms with Crippen molar-refractivity contribution in [2.24, 2.45) is 0 Å². The van der Waals surface area contributed by atoms with E-state index in [1.54, 1.807) is 7.11 Å². The number of hydrogen-bond acceptors (Lipinski definition) is 3. The molecule has 1 heterocycles. The molecule has 90 valence electrons. The number of ether oxygens (including phenoxy) is 1. The predicted molar refractivity (Wildman–Crippen MR) is 62.3 cm³/mol. The standard InChI is InChI=1S/C12H21N3O/c1-11(2,3)15-9-13-14-10(15)8-12(16-4)6-5-7-12/h9H,5-8H2,1-4H3. The number of aromatic nitrogens is 3. The molecule has 1 aromatic rings. The fourth-order valence-electron chi connectivity index (χ4n) is 2.25. The lowest BCUT2D eigenvalue weighted by Gasteiger charge is -2.40. The fraction of sp³-hybridized carbons (Fsp3) is 0.833. The number of rotatable bonds is 3. The van der Waals surface area contributed by atoms with Crippen LogP contribution in [0.25, 0.3) is 0 Å². The zero-order valence-electron chi connectivity index (χ0n) is 10.7. The summed E-state index contributed by atoms with van der Waals surface area (Å²) >= 11 is 0. The summed E-state index contributed by atoms with van der Waals surface area (Å²) in [5, 5.41) is 8.25. The number of methoxy groups -OCH3 is 1. The van der Waals surface area contributed by atoms with Gasteiger partial charge in [-0.15, -0.1) is 10.2 Å². The molecule has 0 N–H and O–H groups in total. The second kappa shape index (κ2) is 3.84. The quantitative estimate of drug-likeness (QED) is 0.788. The third kappa shape index (κ3) is 1.98. The molecule has 0 atom stereocenters. The summed E-state index contributed by atoms with van der Waals surface area (Å²) < 4.78 is 7.78. The summed E-state index contributed by atoms with van der Waals surface area (Å²) in [6.45, 7) is 6.50. The van der Waals surface area contributed by atoms with Gasteiger partial charge in [0.15, 0.2) is 0 Å². The van der Waals surface area contributed by atoms with Crippen LogP contribution in [0.2, 0.25) is 0 Å². The van der Waals surface area contributed by atoms with Crippen molar-refractivity contribution in [1.82, 2.24) is 14.8 Å². The SMILES string of the molecule is COC1(Cc2nncn2C(C)(C)C)CCC1. The molecule has 0 amide bonds. The first-order valence-corrected chi connectivity index (χ1v) is 5.91. The Hall–Kier alpha value is -0.900. The molecule has 1 aliphatic rings. The van der Waals surface area contributed by atoms with E-state index in [2.05, 4.69) is 35.5 Å². The van der Waals surface area contributed by atoms with E-state index in [-0.39, 0.29) is 11.1 Å². The van der Waals surface area contributed by atoms with E-state index in [1.165, 1.54) is 6.42 Å². The van der Waals surface area contributed by atoms with Crippen LogP contribution in [-0.2, 0) is 16.7 Å². The molecule has 1 aliphatic carbocycles. The van der Waals surface area contributed by atoms with Gasteiger partial charge in [-0.1, -0.05) is 0 Å². The van der Waals surface area contributed by atoms with Crippen molar-refractivity contribution in [2.45, 2.75) is 57.6 Å². The lowest BCUT2D eigenvalue weighted by molar-refractivity contribution is -0.0730. The molecule has 0 bridgehead atoms. The van der Waals surface area contributed by atoms with Crippen molar-refractivity contribution < 1.29 is 4.74 Å². The van der Waals surface area contributed by atoms with Crippen LogP contribution < -0.4 is 0 Å². The molecule has 16 heavy (non-hydrogen) atoms. The van der Waals surface area contributed by atoms with Crippen LogP contribution in [-0.4, -0.2) is 27.5 Å². The van der Waals surface area contributed by atoms with E-state index in [9.17, 15) is 0 Å². The van der Waals surface area contributed by atoms with Gasteiger partial charge in [0.2, 0.25) is 0 Å². The number of nitrogens with zero attached hydrogens (tertiary/aromatic N) is 3. The minimum Gasteiger partial charge on any atom is -0.378 e. The summed E-state index contributed by atoms with van der Waals surface area (Å²) in [5.74, 6) is 1.04. The van der Waals surface area contributed by atoms with Gasteiger partial charge in [0.1, 0.15) is 12.2 Å². The molecule has 0 radical (unpaired) electrons. The molecule has 1 saturated carbocycles. The van der Waals surface area contributed by atoms with Gasteiger partial charge in [-0.05, 0) is 40.0 Å². The molecule has 2 rings (SSSR count). The van der Waals surface area contributed by atoms with Gasteiger partial charge in [-0.2, -0.15) is 0 Å². The predicted octanol–water partition coefficient (Wildman–Crippen LogP) is 2.14. The zero-order valence-corrected chi connectivity index (χ0v) is 10.7. The van der Waals surface area contributed by atoms with Gasteiger partial charge in [0, 0.05) is 19.1 Å². The highest BCUT2D eigenvalue weighted by Crippen LogP contribution is 2.38. The van der Waals surface area contributed by atoms with Gasteiger partial charge in [0.05, 0.1) is 5.60 Å². The third-order valence-corrected chi connectivity index (χ3v) is 3.52. The highest BCUT2D eigenvalue weighted by molar-refractivity contribution is 5.02. The van der Waals surface area contributed by atoms with Crippen molar-refractivity contribution in [1.29, 1.82) is 0 Å². The maximum atomic E-state index is 5.63. The minimum atomic E-state index is 0.0238. The molecular weight excluding hydrogens is 202 g/mol. The Kier molecular flexibility index (Phi) is 2.78. The Bertz CT molecular complexity index is 355. The molecule has 1 fully saturated rings. The molecule has 1 aromatic heterocycles. The van der Waals surface area contributed by atoms with Crippen LogP contribution in [0.3, 0.4) is 0 Å². The van der Waals surface area contributed by atoms with Gasteiger partial charge in [0.25, 0.3) is 0 Å². The summed E-state index contributed by atoms with van der Waals surface area (Å²) in [6.07, 6.45) is 6.23. The molecule has 0 saturated heterocycles. The smallest absolute Gasteiger partial charge is 0.136 e. The average Bonchev–Trinajstić information content (AvgIpc) is 2.58. The molecule has 0 aromatic carbocycles. The minimum absolute atomic E-state index is 0.0238. The van der Waals surface area contributed by atoms with E-state index in [4.69, 9.17) is 4.74 Å². The maximum absolute atomic E-state index is 5.63. The summed E-state index contributed by atoms with van der Waals surface area (Å²) in [6, 6.07) is 0. The van der Waals surface area contributed by atoms with Crippen LogP contribution in [0.15, 0.2) is 6.33 Å². The average molecular weight is 223 g/mol. The van der Waals surface area contributed by atoms with E-state index in [1.807, 2.05) is 6.33 Å². The molecule has 4 heteroatoms. The molecule has 0 spiro atoms. The monoisotopic (exact) mass is 223 g/mol. The van der Waals surface area contributed by atoms with E-state index >= 15 is 0 Å². The van der Waals surface area contributed by atoms with Crippen LogP contribution >= 0.6 is 0 Å². The van der Waals surface area contributed by atoms with Gasteiger partial charge >= 0.3 is 0 Å². The molecular formula is C12H21N3O. The topological polar surface area (TPSA) is 39.9 Å². The summed E-state index contributed by atoms with van der Waals surface area (Å²) in [7, 11) is 1.80. The van der Waals surface area contributed by atoms with Gasteiger partial charge < -0.3 is 9.30 Å². The summed E-state index contributed by atoms with van der Waals surface area (Å²) in [5.41, 5.74) is 0.0630. The van der Waals surface area contributed by atoms with Crippen LogP contribution in [0.1, 0.15) is 45.9 Å². The molecule has 0 aliphatic heterocycles. The summed E-state index contributed by atoms with van der Waals surface area (Å²) in [4.78, 5) is 0. The van der Waals surface area contributed by atoms with Gasteiger partial charge in [-0.25, -0.2) is 0 Å². The first-order valence-electron chi connectivity index (χ1n) is 5.91. The van der Waals surface area contributed by atoms with Gasteiger partial charge in [-0.3, -0.25) is 0 Å². The Morgan fingerprint density at radius 1 is 1.44 bits per heavy atom. The Balaban J connectivity index is 2.19. The zero-order chi connectivity index (χ0) is 11.8. The lowest BCUT2D eigenvalue weighted by Crippen LogP contribution is -2.42. The van der Waals surface area contributed by atoms with Crippen LogP contribution in [0.5, 0.6) is 0 Å². The Labute approximate surface area is 97.0 Å². The van der Waals surface area contributed by atoms with Crippen molar-refractivity contribution in [3.8, 4) is 0 Å². The third-order valence-electron chi connectivity index (χ3n) is 3.52. The highest BCUT2D eigenvalue weighted by atomic mass is 16.5. The maximum Gasteiger partial charge on any atom is 0.136 e. The van der Waals surface area contributed by atoms with Crippen molar-refractivity contribution in [3.63, 3.8) is 0 Å². The second-order valence-electron chi connectivity index (χ2n) is 5.71. The van der Waals surface area contributed by atoms with Crippen LogP contribution in [0.4, 0.5) is 0 Å². The molecule has 0 unspecified atom stereocenters. The van der Waals surface area contributed by atoms with E-state index in [0.717, 1.165) is 25.1 Å².